The molecule has 0 unspecified atom stereocenters. The summed E-state index contributed by atoms with van der Waals surface area (Å²) in [7, 11) is -8.25. The van der Waals surface area contributed by atoms with Gasteiger partial charge in [0.2, 0.25) is 20.0 Å². The number of nitrogen functional groups attached to an aromatic ring is 2. The van der Waals surface area contributed by atoms with Crippen LogP contribution in [-0.4, -0.2) is 110 Å². The summed E-state index contributed by atoms with van der Waals surface area (Å²) in [5.74, 6) is -1.80. The topological polar surface area (TPSA) is 260 Å². The van der Waals surface area contributed by atoms with Crippen LogP contribution in [0.1, 0.15) is 31.8 Å². The molecule has 0 atom stereocenters. The zero-order valence-electron chi connectivity index (χ0n) is 27.5. The van der Waals surface area contributed by atoms with Gasteiger partial charge in [0, 0.05) is 37.3 Å². The van der Waals surface area contributed by atoms with Crippen molar-refractivity contribution in [2.75, 3.05) is 64.1 Å². The van der Waals surface area contributed by atoms with E-state index in [1.165, 1.54) is 60.7 Å². The minimum absolute atomic E-state index is 0.00926. The molecule has 0 saturated carbocycles. The number of sulfonamides is 2. The number of hydrogen-bond donors (Lipinski definition) is 6. The minimum atomic E-state index is -4.12. The van der Waals surface area contributed by atoms with Crippen molar-refractivity contribution >= 4 is 43.0 Å². The molecule has 0 aliphatic heterocycles. The maximum Gasteiger partial charge on any atom is 0.243 e. The number of rotatable bonds is 16. The van der Waals surface area contributed by atoms with Gasteiger partial charge in [-0.15, -0.1) is 0 Å². The molecule has 0 radical (unpaired) electrons. The molecule has 0 heterocycles. The van der Waals surface area contributed by atoms with Gasteiger partial charge in [0.15, 0.2) is 23.1 Å². The van der Waals surface area contributed by atoms with Crippen molar-refractivity contribution < 1.29 is 56.3 Å². The molecule has 4 aromatic rings. The molecule has 8 N–H and O–H groups in total. The number of nitrogens with two attached hydrogens (primary N) is 2. The monoisotopic (exact) mass is 756 g/mol. The quantitative estimate of drug-likeness (QED) is 0.0773. The van der Waals surface area contributed by atoms with Crippen molar-refractivity contribution in [2.24, 2.45) is 0 Å². The smallest absolute Gasteiger partial charge is 0.243 e. The summed E-state index contributed by atoms with van der Waals surface area (Å²) >= 11 is 0. The molecule has 0 spiro atoms. The Morgan fingerprint density at radius 1 is 0.519 bits per heavy atom. The van der Waals surface area contributed by atoms with Crippen LogP contribution in [0.2, 0.25) is 0 Å². The van der Waals surface area contributed by atoms with E-state index in [0.29, 0.717) is 0 Å². The van der Waals surface area contributed by atoms with Crippen molar-refractivity contribution in [3.05, 3.63) is 95.1 Å². The molecule has 0 bridgehead atoms. The fraction of sp³-hybridized carbons (Fsp3) is 0.235. The molecule has 276 valence electrons. The lowest BCUT2D eigenvalue weighted by molar-refractivity contribution is 0.0980. The summed E-state index contributed by atoms with van der Waals surface area (Å²) in [5, 5.41) is 37.3. The molecular formula is C34H36N4O12S2. The Kier molecular flexibility index (Phi) is 11.6. The lowest BCUT2D eigenvalue weighted by Crippen LogP contribution is -2.35. The van der Waals surface area contributed by atoms with Crippen molar-refractivity contribution in [1.82, 2.24) is 8.61 Å². The maximum absolute atomic E-state index is 13.7. The Morgan fingerprint density at radius 3 is 1.12 bits per heavy atom. The lowest BCUT2D eigenvalue weighted by Gasteiger charge is -2.25. The van der Waals surface area contributed by atoms with E-state index in [2.05, 4.69) is 0 Å². The van der Waals surface area contributed by atoms with E-state index in [0.717, 1.165) is 8.61 Å². The van der Waals surface area contributed by atoms with Crippen molar-refractivity contribution in [2.45, 2.75) is 9.79 Å². The van der Waals surface area contributed by atoms with Crippen molar-refractivity contribution in [3.63, 3.8) is 0 Å². The van der Waals surface area contributed by atoms with Crippen LogP contribution in [0.25, 0.3) is 0 Å². The van der Waals surface area contributed by atoms with Gasteiger partial charge in [0.05, 0.1) is 58.7 Å². The van der Waals surface area contributed by atoms with Crippen LogP contribution in [0.15, 0.2) is 82.6 Å². The Bertz CT molecular complexity index is 2030. The first-order chi connectivity index (χ1) is 24.8. The van der Waals surface area contributed by atoms with E-state index >= 15 is 0 Å². The second-order valence-corrected chi connectivity index (χ2v) is 15.2. The molecule has 1 aliphatic rings. The number of ether oxygens (including phenoxy) is 2. The van der Waals surface area contributed by atoms with Gasteiger partial charge in [-0.05, 0) is 48.5 Å². The predicted octanol–water partition coefficient (Wildman–Crippen LogP) is 1.16. The first-order valence-electron chi connectivity index (χ1n) is 15.7. The molecule has 52 heavy (non-hydrogen) atoms. The van der Waals surface area contributed by atoms with E-state index in [9.17, 15) is 46.9 Å². The average Bonchev–Trinajstić information content (AvgIpc) is 3.13. The number of carbonyl (C=O) groups excluding carboxylic acids is 2. The molecule has 4 aromatic carbocycles. The zero-order chi connectivity index (χ0) is 37.8. The number of benzene rings is 4. The fourth-order valence-electron chi connectivity index (χ4n) is 5.61. The summed E-state index contributed by atoms with van der Waals surface area (Å²) in [5.41, 5.74) is 12.2. The number of aliphatic hydroxyl groups excluding tert-OH is 4. The van der Waals surface area contributed by atoms with Gasteiger partial charge < -0.3 is 41.4 Å². The van der Waals surface area contributed by atoms with Crippen LogP contribution < -0.4 is 20.9 Å². The van der Waals surface area contributed by atoms with Crippen LogP contribution in [0, 0.1) is 0 Å². The summed E-state index contributed by atoms with van der Waals surface area (Å²) in [6, 6.07) is 16.1. The lowest BCUT2D eigenvalue weighted by atomic mass is 9.82. The van der Waals surface area contributed by atoms with Crippen LogP contribution in [-0.2, 0) is 20.0 Å². The van der Waals surface area contributed by atoms with Gasteiger partial charge in [0.25, 0.3) is 0 Å². The molecular weight excluding hydrogens is 721 g/mol. The number of aliphatic hydroxyl groups is 4. The Morgan fingerprint density at radius 2 is 0.827 bits per heavy atom. The highest BCUT2D eigenvalue weighted by molar-refractivity contribution is 7.89. The third-order valence-corrected chi connectivity index (χ3v) is 11.9. The van der Waals surface area contributed by atoms with Gasteiger partial charge >= 0.3 is 0 Å². The number of nitrogens with zero attached hydrogens (tertiary/aromatic N) is 2. The SMILES string of the molecule is Nc1c(Oc2ccc(S(=O)(=O)N(CCO)CCO)cc2)c(Oc2ccc(S(=O)(=O)N(CCO)CCO)cc2)c(N)c2c1C(=O)c1ccccc1C2=O. The van der Waals surface area contributed by atoms with Gasteiger partial charge in [-0.25, -0.2) is 16.8 Å². The van der Waals surface area contributed by atoms with E-state index in [1.807, 2.05) is 0 Å². The number of fused-ring (bicyclic) bond motifs is 2. The van der Waals surface area contributed by atoms with E-state index < -0.39 is 58.0 Å². The second kappa shape index (κ2) is 15.8. The highest BCUT2D eigenvalue weighted by Crippen LogP contribution is 2.50. The summed E-state index contributed by atoms with van der Waals surface area (Å²) in [6.07, 6.45) is 0. The molecule has 0 saturated heterocycles. The number of anilines is 2. The van der Waals surface area contributed by atoms with Gasteiger partial charge in [0.1, 0.15) is 11.5 Å². The Labute approximate surface area is 299 Å². The molecule has 0 fully saturated rings. The normalized spacial score (nSPS) is 13.0. The first-order valence-corrected chi connectivity index (χ1v) is 18.6. The molecule has 5 rings (SSSR count). The largest absolute Gasteiger partial charge is 0.451 e. The van der Waals surface area contributed by atoms with Crippen LogP contribution >= 0.6 is 0 Å². The van der Waals surface area contributed by atoms with E-state index in [-0.39, 0.29) is 92.6 Å². The fourth-order valence-corrected chi connectivity index (χ4v) is 8.45. The minimum Gasteiger partial charge on any atom is -0.451 e. The Hall–Kier alpha value is -4.92. The molecule has 18 heteroatoms. The predicted molar refractivity (Wildman–Crippen MR) is 187 cm³/mol. The second-order valence-electron chi connectivity index (χ2n) is 11.3. The Balaban J connectivity index is 1.59. The average molecular weight is 757 g/mol. The first kappa shape index (κ1) is 38.3. The molecule has 16 nitrogen and oxygen atoms in total. The van der Waals surface area contributed by atoms with Gasteiger partial charge in [-0.2, -0.15) is 8.61 Å². The number of hydrogen-bond acceptors (Lipinski definition) is 14. The maximum atomic E-state index is 13.7. The van der Waals surface area contributed by atoms with Crippen LogP contribution in [0.5, 0.6) is 23.0 Å². The van der Waals surface area contributed by atoms with Crippen molar-refractivity contribution in [3.8, 4) is 23.0 Å². The molecule has 1 aliphatic carbocycles. The summed E-state index contributed by atoms with van der Waals surface area (Å²) < 4.78 is 66.5. The highest BCUT2D eigenvalue weighted by Gasteiger charge is 2.38. The number of carbonyl (C=O) groups is 2. The molecule has 0 amide bonds. The van der Waals surface area contributed by atoms with E-state index in [1.54, 1.807) is 12.1 Å². The summed E-state index contributed by atoms with van der Waals surface area (Å²) in [6.45, 7) is -2.90. The number of ketones is 2. The van der Waals surface area contributed by atoms with Gasteiger partial charge in [-0.1, -0.05) is 24.3 Å². The van der Waals surface area contributed by atoms with Crippen molar-refractivity contribution in [1.29, 1.82) is 0 Å². The summed E-state index contributed by atoms with van der Waals surface area (Å²) in [4.78, 5) is 27.1. The highest BCUT2D eigenvalue weighted by atomic mass is 32.2. The van der Waals surface area contributed by atoms with Crippen LogP contribution in [0.3, 0.4) is 0 Å². The standard InChI is InChI=1S/C34H36N4O12S2/c35-29-27-28(32(44)26-4-2-1-3-25(26)31(27)43)30(36)34(50-22-7-11-24(12-8-22)52(47,48)38(15-19-41)16-20-42)33(29)49-21-5-9-23(10-6-21)51(45,46)37(13-17-39)14-18-40/h1-12,39-42H,13-20,35-36H2. The zero-order valence-corrected chi connectivity index (χ0v) is 29.1. The molecule has 0 aromatic heterocycles. The van der Waals surface area contributed by atoms with E-state index in [4.69, 9.17) is 20.9 Å². The third-order valence-electron chi connectivity index (χ3n) is 8.12. The third kappa shape index (κ3) is 7.23. The van der Waals surface area contributed by atoms with Crippen LogP contribution in [0.4, 0.5) is 11.4 Å². The van der Waals surface area contributed by atoms with Gasteiger partial charge in [-0.3, -0.25) is 9.59 Å².